The van der Waals surface area contributed by atoms with Gasteiger partial charge in [-0.05, 0) is 30.7 Å². The van der Waals surface area contributed by atoms with Crippen LogP contribution < -0.4 is 10.1 Å². The van der Waals surface area contributed by atoms with Gasteiger partial charge in [0.15, 0.2) is 0 Å². The number of aryl methyl sites for hydroxylation is 1. The SMILES string of the molecule is COc1ccc([N+](=O)[O-])cc1C(=O)Nc1ccc(C)cc1O. The fourth-order valence-electron chi connectivity index (χ4n) is 1.92. The van der Waals surface area contributed by atoms with Crippen molar-refractivity contribution in [1.82, 2.24) is 0 Å². The highest BCUT2D eigenvalue weighted by atomic mass is 16.6. The molecule has 0 aliphatic carbocycles. The average molecular weight is 302 g/mol. The van der Waals surface area contributed by atoms with Gasteiger partial charge in [-0.1, -0.05) is 6.07 Å². The number of phenolic OH excluding ortho intramolecular Hbond substituents is 1. The van der Waals surface area contributed by atoms with Crippen molar-refractivity contribution in [3.8, 4) is 11.5 Å². The van der Waals surface area contributed by atoms with Crippen molar-refractivity contribution in [2.24, 2.45) is 0 Å². The minimum Gasteiger partial charge on any atom is -0.506 e. The molecule has 1 amide bonds. The van der Waals surface area contributed by atoms with Gasteiger partial charge in [0.2, 0.25) is 0 Å². The van der Waals surface area contributed by atoms with E-state index in [4.69, 9.17) is 4.74 Å². The maximum Gasteiger partial charge on any atom is 0.270 e. The summed E-state index contributed by atoms with van der Waals surface area (Å²) in [4.78, 5) is 22.5. The van der Waals surface area contributed by atoms with Gasteiger partial charge in [-0.2, -0.15) is 0 Å². The molecule has 0 bridgehead atoms. The lowest BCUT2D eigenvalue weighted by molar-refractivity contribution is -0.384. The third-order valence-corrected chi connectivity index (χ3v) is 3.04. The summed E-state index contributed by atoms with van der Waals surface area (Å²) in [5, 5.41) is 23.1. The summed E-state index contributed by atoms with van der Waals surface area (Å²) >= 11 is 0. The Balaban J connectivity index is 2.35. The highest BCUT2D eigenvalue weighted by Crippen LogP contribution is 2.28. The second-order valence-electron chi connectivity index (χ2n) is 4.62. The number of non-ortho nitro benzene ring substituents is 1. The topological polar surface area (TPSA) is 102 Å². The molecule has 2 aromatic carbocycles. The Hall–Kier alpha value is -3.09. The number of nitro benzene ring substituents is 1. The Kier molecular flexibility index (Phi) is 4.26. The van der Waals surface area contributed by atoms with Crippen molar-refractivity contribution < 1.29 is 19.6 Å². The van der Waals surface area contributed by atoms with Crippen LogP contribution in [0.15, 0.2) is 36.4 Å². The Morgan fingerprint density at radius 3 is 2.59 bits per heavy atom. The third kappa shape index (κ3) is 3.14. The first-order valence-electron chi connectivity index (χ1n) is 6.35. The van der Waals surface area contributed by atoms with Gasteiger partial charge in [-0.15, -0.1) is 0 Å². The molecular formula is C15H14N2O5. The van der Waals surface area contributed by atoms with E-state index in [2.05, 4.69) is 5.32 Å². The van der Waals surface area contributed by atoms with Crippen LogP contribution in [0.1, 0.15) is 15.9 Å². The first-order chi connectivity index (χ1) is 10.4. The van der Waals surface area contributed by atoms with E-state index >= 15 is 0 Å². The minimum absolute atomic E-state index is 0.0108. The van der Waals surface area contributed by atoms with Gasteiger partial charge < -0.3 is 15.2 Å². The van der Waals surface area contributed by atoms with Crippen LogP contribution in [0, 0.1) is 17.0 Å². The monoisotopic (exact) mass is 302 g/mol. The summed E-state index contributed by atoms with van der Waals surface area (Å²) in [6, 6.07) is 8.49. The lowest BCUT2D eigenvalue weighted by Gasteiger charge is -2.10. The molecule has 0 radical (unpaired) electrons. The van der Waals surface area contributed by atoms with Crippen LogP contribution in [0.2, 0.25) is 0 Å². The van der Waals surface area contributed by atoms with Crippen molar-refractivity contribution >= 4 is 17.3 Å². The van der Waals surface area contributed by atoms with Gasteiger partial charge in [0.25, 0.3) is 11.6 Å². The van der Waals surface area contributed by atoms with Crippen molar-refractivity contribution in [2.75, 3.05) is 12.4 Å². The second kappa shape index (κ2) is 6.13. The number of hydrogen-bond acceptors (Lipinski definition) is 5. The zero-order chi connectivity index (χ0) is 16.3. The van der Waals surface area contributed by atoms with Crippen LogP contribution >= 0.6 is 0 Å². The molecule has 0 unspecified atom stereocenters. The van der Waals surface area contributed by atoms with Gasteiger partial charge in [-0.25, -0.2) is 0 Å². The number of benzene rings is 2. The van der Waals surface area contributed by atoms with Crippen LogP contribution in [-0.2, 0) is 0 Å². The van der Waals surface area contributed by atoms with Crippen LogP contribution in [0.5, 0.6) is 11.5 Å². The number of anilines is 1. The molecule has 7 nitrogen and oxygen atoms in total. The molecule has 0 aromatic heterocycles. The zero-order valence-electron chi connectivity index (χ0n) is 12.0. The summed E-state index contributed by atoms with van der Waals surface area (Å²) in [5.41, 5.74) is 0.836. The lowest BCUT2D eigenvalue weighted by Crippen LogP contribution is -2.13. The van der Waals surface area contributed by atoms with E-state index in [1.54, 1.807) is 19.1 Å². The van der Waals surface area contributed by atoms with Crippen LogP contribution in [-0.4, -0.2) is 23.0 Å². The van der Waals surface area contributed by atoms with E-state index in [1.807, 2.05) is 0 Å². The zero-order valence-corrected chi connectivity index (χ0v) is 12.0. The fourth-order valence-corrected chi connectivity index (χ4v) is 1.92. The predicted octanol–water partition coefficient (Wildman–Crippen LogP) is 2.87. The largest absolute Gasteiger partial charge is 0.506 e. The average Bonchev–Trinajstić information content (AvgIpc) is 2.49. The van der Waals surface area contributed by atoms with E-state index in [-0.39, 0.29) is 28.4 Å². The minimum atomic E-state index is -0.611. The summed E-state index contributed by atoms with van der Waals surface area (Å²) in [6.45, 7) is 1.80. The van der Waals surface area contributed by atoms with Crippen LogP contribution in [0.3, 0.4) is 0 Å². The molecule has 0 atom stereocenters. The number of carbonyl (C=O) groups excluding carboxylic acids is 1. The van der Waals surface area contributed by atoms with E-state index in [0.717, 1.165) is 11.6 Å². The number of ether oxygens (including phenoxy) is 1. The van der Waals surface area contributed by atoms with Crippen molar-refractivity contribution in [3.63, 3.8) is 0 Å². The molecule has 22 heavy (non-hydrogen) atoms. The lowest BCUT2D eigenvalue weighted by atomic mass is 10.1. The molecule has 2 N–H and O–H groups in total. The number of nitrogens with zero attached hydrogens (tertiary/aromatic N) is 1. The quantitative estimate of drug-likeness (QED) is 0.513. The molecule has 0 saturated heterocycles. The first-order valence-corrected chi connectivity index (χ1v) is 6.35. The smallest absolute Gasteiger partial charge is 0.270 e. The predicted molar refractivity (Wildman–Crippen MR) is 80.4 cm³/mol. The van der Waals surface area contributed by atoms with Crippen molar-refractivity contribution in [3.05, 3.63) is 57.6 Å². The number of nitro groups is 1. The van der Waals surface area contributed by atoms with Crippen LogP contribution in [0.4, 0.5) is 11.4 Å². The fraction of sp³-hybridized carbons (Fsp3) is 0.133. The summed E-state index contributed by atoms with van der Waals surface area (Å²) in [6.07, 6.45) is 0. The molecule has 7 heteroatoms. The molecule has 2 rings (SSSR count). The number of carbonyl (C=O) groups is 1. The maximum absolute atomic E-state index is 12.3. The molecule has 114 valence electrons. The summed E-state index contributed by atoms with van der Waals surface area (Å²) < 4.78 is 5.04. The highest BCUT2D eigenvalue weighted by molar-refractivity contribution is 6.07. The van der Waals surface area contributed by atoms with E-state index in [1.165, 1.54) is 25.3 Å². The Bertz CT molecular complexity index is 743. The molecule has 0 heterocycles. The van der Waals surface area contributed by atoms with E-state index < -0.39 is 10.8 Å². The van der Waals surface area contributed by atoms with Crippen LogP contribution in [0.25, 0.3) is 0 Å². The number of phenols is 1. The third-order valence-electron chi connectivity index (χ3n) is 3.04. The number of amides is 1. The van der Waals surface area contributed by atoms with Gasteiger partial charge in [0.05, 0.1) is 23.3 Å². The summed E-state index contributed by atoms with van der Waals surface area (Å²) in [5.74, 6) is -0.493. The molecule has 0 spiro atoms. The number of methoxy groups -OCH3 is 1. The van der Waals surface area contributed by atoms with Crippen molar-refractivity contribution in [1.29, 1.82) is 0 Å². The maximum atomic E-state index is 12.3. The molecule has 0 saturated carbocycles. The number of hydrogen-bond donors (Lipinski definition) is 2. The Morgan fingerprint density at radius 2 is 2.00 bits per heavy atom. The molecule has 0 fully saturated rings. The number of nitrogens with one attached hydrogen (secondary N) is 1. The Labute approximate surface area is 126 Å². The number of rotatable bonds is 4. The molecule has 2 aromatic rings. The van der Waals surface area contributed by atoms with Gasteiger partial charge >= 0.3 is 0 Å². The van der Waals surface area contributed by atoms with Gasteiger partial charge in [0, 0.05) is 12.1 Å². The Morgan fingerprint density at radius 1 is 1.27 bits per heavy atom. The highest BCUT2D eigenvalue weighted by Gasteiger charge is 2.18. The van der Waals surface area contributed by atoms with Gasteiger partial charge in [0.1, 0.15) is 11.5 Å². The molecular weight excluding hydrogens is 288 g/mol. The normalized spacial score (nSPS) is 10.1. The molecule has 0 aliphatic heterocycles. The van der Waals surface area contributed by atoms with Gasteiger partial charge in [-0.3, -0.25) is 14.9 Å². The van der Waals surface area contributed by atoms with Crippen molar-refractivity contribution in [2.45, 2.75) is 6.92 Å². The number of aromatic hydroxyl groups is 1. The van der Waals surface area contributed by atoms with E-state index in [0.29, 0.717) is 0 Å². The molecule has 0 aliphatic rings. The summed E-state index contributed by atoms with van der Waals surface area (Å²) in [7, 11) is 1.36. The van der Waals surface area contributed by atoms with E-state index in [9.17, 15) is 20.0 Å². The first kappa shape index (κ1) is 15.3. The standard InChI is InChI=1S/C15H14N2O5/c1-9-3-5-12(13(18)7-9)16-15(19)11-8-10(17(20)21)4-6-14(11)22-2/h3-8,18H,1-2H3,(H,16,19). The second-order valence-corrected chi connectivity index (χ2v) is 4.62.